The van der Waals surface area contributed by atoms with Gasteiger partial charge >= 0.3 is 0 Å². The predicted molar refractivity (Wildman–Crippen MR) is 183 cm³/mol. The van der Waals surface area contributed by atoms with E-state index in [0.29, 0.717) is 17.9 Å². The highest BCUT2D eigenvalue weighted by Crippen LogP contribution is 2.31. The summed E-state index contributed by atoms with van der Waals surface area (Å²) in [6.45, 7) is 11.4. The summed E-state index contributed by atoms with van der Waals surface area (Å²) in [5.41, 5.74) is 3.21. The van der Waals surface area contributed by atoms with Crippen LogP contribution in [-0.4, -0.2) is 25.4 Å². The highest BCUT2D eigenvalue weighted by Gasteiger charge is 2.16. The van der Waals surface area contributed by atoms with Crippen LogP contribution in [0.3, 0.4) is 0 Å². The van der Waals surface area contributed by atoms with Crippen molar-refractivity contribution < 1.29 is 13.2 Å². The molecular weight excluding hydrogens is 554 g/mol. The smallest absolute Gasteiger partial charge is 0.241 e. The van der Waals surface area contributed by atoms with Crippen molar-refractivity contribution in [3.05, 3.63) is 84.9 Å². The Morgan fingerprint density at radius 1 is 0.698 bits per heavy atom. The summed E-state index contributed by atoms with van der Waals surface area (Å²) in [6, 6.07) is 27.4. The van der Waals surface area contributed by atoms with Crippen molar-refractivity contribution in [3.63, 3.8) is 0 Å². The summed E-state index contributed by atoms with van der Waals surface area (Å²) in [4.78, 5) is 12.9. The number of carbonyl (C=O) groups excluding carboxylic acids is 1. The number of amides is 1. The highest BCUT2D eigenvalue weighted by molar-refractivity contribution is 7.89. The van der Waals surface area contributed by atoms with Crippen molar-refractivity contribution in [2.45, 2.75) is 84.6 Å². The molecule has 0 aliphatic heterocycles. The summed E-state index contributed by atoms with van der Waals surface area (Å²) < 4.78 is 30.6. The Morgan fingerprint density at radius 3 is 2.09 bits per heavy atom. The monoisotopic (exact) mass is 601 g/mol. The molecule has 0 aliphatic rings. The third-order valence-electron chi connectivity index (χ3n) is 7.28. The summed E-state index contributed by atoms with van der Waals surface area (Å²) in [5, 5.41) is 7.06. The van der Waals surface area contributed by atoms with E-state index >= 15 is 0 Å². The maximum Gasteiger partial charge on any atom is 0.241 e. The first-order chi connectivity index (χ1) is 21.0. The van der Waals surface area contributed by atoms with Gasteiger partial charge in [-0.25, -0.2) is 13.1 Å². The minimum Gasteiger partial charge on any atom is -0.341 e. The average Bonchev–Trinajstić information content (AvgIpc) is 3.36. The molecule has 0 bridgehead atoms. The van der Waals surface area contributed by atoms with Crippen LogP contribution in [0.25, 0.3) is 32.6 Å². The molecule has 230 valence electrons. The Morgan fingerprint density at radius 2 is 1.33 bits per heavy atom. The third-order valence-corrected chi connectivity index (χ3v) is 8.80. The van der Waals surface area contributed by atoms with Crippen molar-refractivity contribution in [2.24, 2.45) is 0 Å². The van der Waals surface area contributed by atoms with E-state index < -0.39 is 10.0 Å². The molecule has 5 rings (SSSR count). The summed E-state index contributed by atoms with van der Waals surface area (Å²) in [5.74, 6) is 0.0245. The number of para-hydroxylation sites is 1. The first kappa shape index (κ1) is 33.8. The molecule has 0 fully saturated rings. The Kier molecular flexibility index (Phi) is 13.2. The number of hydrogen-bond donors (Lipinski definition) is 2. The fourth-order valence-electron chi connectivity index (χ4n) is 5.35. The second-order valence-electron chi connectivity index (χ2n) is 9.93. The van der Waals surface area contributed by atoms with Gasteiger partial charge in [-0.1, -0.05) is 102 Å². The van der Waals surface area contributed by atoms with E-state index in [1.807, 2.05) is 70.2 Å². The van der Waals surface area contributed by atoms with Crippen molar-refractivity contribution in [1.29, 1.82) is 0 Å². The van der Waals surface area contributed by atoms with Gasteiger partial charge in [0.05, 0.1) is 4.90 Å². The van der Waals surface area contributed by atoms with Crippen LogP contribution in [0, 0.1) is 0 Å². The lowest BCUT2D eigenvalue weighted by Gasteiger charge is -2.09. The number of carbonyl (C=O) groups is 1. The van der Waals surface area contributed by atoms with Crippen LogP contribution in [-0.2, 0) is 21.4 Å². The molecule has 0 spiro atoms. The minimum absolute atomic E-state index is 0.0245. The zero-order chi connectivity index (χ0) is 31.2. The van der Waals surface area contributed by atoms with Gasteiger partial charge in [-0.05, 0) is 55.5 Å². The van der Waals surface area contributed by atoms with Gasteiger partial charge in [0.1, 0.15) is 0 Å². The number of nitrogens with one attached hydrogen (secondary N) is 2. The van der Waals surface area contributed by atoms with Gasteiger partial charge in [0, 0.05) is 52.4 Å². The molecule has 0 radical (unpaired) electrons. The maximum atomic E-state index is 12.8. The summed E-state index contributed by atoms with van der Waals surface area (Å²) in [7, 11) is -3.56. The second-order valence-corrected chi connectivity index (χ2v) is 11.7. The Labute approximate surface area is 257 Å². The van der Waals surface area contributed by atoms with E-state index in [4.69, 9.17) is 0 Å². The van der Waals surface area contributed by atoms with Gasteiger partial charge in [0.15, 0.2) is 0 Å². The molecule has 0 saturated carbocycles. The molecule has 0 aliphatic carbocycles. The van der Waals surface area contributed by atoms with Crippen LogP contribution < -0.4 is 10.0 Å². The summed E-state index contributed by atoms with van der Waals surface area (Å²) in [6.07, 6.45) is 4.87. The molecule has 2 N–H and O–H groups in total. The van der Waals surface area contributed by atoms with Gasteiger partial charge in [-0.2, -0.15) is 0 Å². The largest absolute Gasteiger partial charge is 0.341 e. The lowest BCUT2D eigenvalue weighted by Crippen LogP contribution is -2.25. The molecule has 7 heteroatoms. The first-order valence-corrected chi connectivity index (χ1v) is 17.2. The number of aryl methyl sites for hydroxylation is 1. The van der Waals surface area contributed by atoms with Gasteiger partial charge in [0.25, 0.3) is 0 Å². The molecule has 1 heterocycles. The van der Waals surface area contributed by atoms with Crippen LogP contribution in [0.5, 0.6) is 0 Å². The molecule has 0 saturated heterocycles. The van der Waals surface area contributed by atoms with Gasteiger partial charge in [-0.3, -0.25) is 4.79 Å². The van der Waals surface area contributed by atoms with Crippen LogP contribution >= 0.6 is 0 Å². The lowest BCUT2D eigenvalue weighted by atomic mass is 10.1. The molecule has 5 aromatic rings. The van der Waals surface area contributed by atoms with E-state index in [1.165, 1.54) is 16.4 Å². The number of anilines is 1. The van der Waals surface area contributed by atoms with Crippen LogP contribution in [0.4, 0.5) is 5.69 Å². The second kappa shape index (κ2) is 16.8. The zero-order valence-electron chi connectivity index (χ0n) is 26.3. The average molecular weight is 602 g/mol. The Bertz CT molecular complexity index is 1720. The highest BCUT2D eigenvalue weighted by atomic mass is 32.2. The normalized spacial score (nSPS) is 11.1. The van der Waals surface area contributed by atoms with E-state index in [-0.39, 0.29) is 5.91 Å². The SMILES string of the molecule is CC.CC.CCn1c2ccccc2c2cc(NC(=O)CCCCCCCNS(=O)(=O)c3cccc4ccccc34)ccc21. The van der Waals surface area contributed by atoms with Crippen LogP contribution in [0.1, 0.15) is 73.1 Å². The zero-order valence-corrected chi connectivity index (χ0v) is 27.1. The summed E-state index contributed by atoms with van der Waals surface area (Å²) >= 11 is 0. The molecule has 43 heavy (non-hydrogen) atoms. The Hall–Kier alpha value is -3.68. The molecule has 6 nitrogen and oxygen atoms in total. The van der Waals surface area contributed by atoms with E-state index in [9.17, 15) is 13.2 Å². The molecule has 1 aromatic heterocycles. The molecule has 1 amide bonds. The van der Waals surface area contributed by atoms with E-state index in [2.05, 4.69) is 51.9 Å². The van der Waals surface area contributed by atoms with E-state index in [0.717, 1.165) is 60.5 Å². The van der Waals surface area contributed by atoms with Gasteiger partial charge in [-0.15, -0.1) is 0 Å². The number of aromatic nitrogens is 1. The number of rotatable bonds is 12. The van der Waals surface area contributed by atoms with Crippen LogP contribution in [0.15, 0.2) is 89.8 Å². The van der Waals surface area contributed by atoms with Crippen molar-refractivity contribution in [3.8, 4) is 0 Å². The minimum atomic E-state index is -3.56. The maximum absolute atomic E-state index is 12.8. The first-order valence-electron chi connectivity index (χ1n) is 15.8. The fourth-order valence-corrected chi connectivity index (χ4v) is 6.65. The number of fused-ring (bicyclic) bond motifs is 4. The number of sulfonamides is 1. The topological polar surface area (TPSA) is 80.2 Å². The standard InChI is InChI=1S/C32H35N3O3S.2C2H6/c1-2-35-29-17-10-9-16-27(29)28-23-25(20-21-30(28)35)34-32(36)19-6-4-3-5-11-22-33-39(37,38)31-18-12-14-24-13-7-8-15-26(24)31;2*1-2/h7-10,12-18,20-21,23,33H,2-6,11,19,22H2,1H3,(H,34,36);2*1-2H3. The number of benzene rings is 4. The van der Waals surface area contributed by atoms with Gasteiger partial charge < -0.3 is 9.88 Å². The fraction of sp³-hybridized carbons (Fsp3) is 0.361. The van der Waals surface area contributed by atoms with Gasteiger partial charge in [0.2, 0.25) is 15.9 Å². The lowest BCUT2D eigenvalue weighted by molar-refractivity contribution is -0.116. The van der Waals surface area contributed by atoms with Crippen LogP contribution in [0.2, 0.25) is 0 Å². The number of hydrogen-bond acceptors (Lipinski definition) is 3. The number of unbranched alkanes of at least 4 members (excludes halogenated alkanes) is 4. The van der Waals surface area contributed by atoms with Crippen molar-refractivity contribution in [2.75, 3.05) is 11.9 Å². The Balaban J connectivity index is 0.00000121. The molecule has 0 unspecified atom stereocenters. The molecular formula is C36H47N3O3S. The van der Waals surface area contributed by atoms with Crippen molar-refractivity contribution >= 4 is 54.2 Å². The third kappa shape index (κ3) is 8.46. The predicted octanol–water partition coefficient (Wildman–Crippen LogP) is 9.28. The quantitative estimate of drug-likeness (QED) is 0.140. The van der Waals surface area contributed by atoms with Crippen molar-refractivity contribution in [1.82, 2.24) is 9.29 Å². The molecule has 4 aromatic carbocycles. The number of nitrogens with zero attached hydrogens (tertiary/aromatic N) is 1. The van der Waals surface area contributed by atoms with E-state index in [1.54, 1.807) is 12.1 Å². The molecule has 0 atom stereocenters.